The number of aromatic nitrogens is 2. The summed E-state index contributed by atoms with van der Waals surface area (Å²) in [5, 5.41) is 30.8. The zero-order valence-electron chi connectivity index (χ0n) is 34.3. The number of carboxylic acids is 2. The molecule has 0 spiro atoms. The number of ether oxygens (including phenoxy) is 2. The molecule has 19 heteroatoms. The second-order valence-electron chi connectivity index (χ2n) is 16.4. The van der Waals surface area contributed by atoms with E-state index < -0.39 is 35.0 Å². The number of aliphatic carboxylic acids is 2. The second kappa shape index (κ2) is 18.3. The monoisotopic (exact) mass is 1030 g/mol. The molecular weight excluding hydrogens is 974 g/mol. The van der Waals surface area contributed by atoms with Crippen LogP contribution < -0.4 is 21.8 Å². The number of rotatable bonds is 7. The van der Waals surface area contributed by atoms with Gasteiger partial charge in [0.1, 0.15) is 12.4 Å². The van der Waals surface area contributed by atoms with Gasteiger partial charge in [-0.15, -0.1) is 0 Å². The first-order valence-electron chi connectivity index (χ1n) is 20.7. The molecule has 7 N–H and O–H groups in total. The van der Waals surface area contributed by atoms with E-state index in [0.717, 1.165) is 29.4 Å². The van der Waals surface area contributed by atoms with Crippen LogP contribution >= 0.6 is 0 Å². The van der Waals surface area contributed by atoms with Crippen molar-refractivity contribution in [2.24, 2.45) is 16.9 Å². The third kappa shape index (κ3) is 8.57. The fraction of sp³-hybridized carbons (Fsp3) is 0.548. The van der Waals surface area contributed by atoms with Crippen LogP contribution in [0.2, 0.25) is 0 Å². The molecule has 5 aliphatic rings. The van der Waals surface area contributed by atoms with Crippen LogP contribution in [0.5, 0.6) is 5.75 Å². The largest absolute Gasteiger partial charge is 4.00 e. The number of hydrogen-bond acceptors (Lipinski definition) is 13. The number of aryl methyl sites for hydroxylation is 1. The number of cyclic esters (lactones) is 1. The van der Waals surface area contributed by atoms with Gasteiger partial charge in [-0.2, -0.15) is 0 Å². The molecule has 0 bridgehead atoms. The summed E-state index contributed by atoms with van der Waals surface area (Å²) in [6, 6.07) is 7.40. The zero-order valence-corrected chi connectivity index (χ0v) is 36.6. The molecule has 3 fully saturated rings. The molecule has 8 rings (SSSR count). The minimum Gasteiger partial charge on any atom is -0.480 e. The summed E-state index contributed by atoms with van der Waals surface area (Å²) >= 11 is 0. The van der Waals surface area contributed by atoms with Crippen LogP contribution in [0.15, 0.2) is 29.1 Å². The van der Waals surface area contributed by atoms with Gasteiger partial charge in [-0.3, -0.25) is 24.1 Å². The normalized spacial score (nSPS) is 23.0. The summed E-state index contributed by atoms with van der Waals surface area (Å²) in [5.41, 5.74) is 11.2. The number of piperidine rings is 1. The number of fused-ring (bicyclic) bond motifs is 5. The SMILES string of the molecule is CCc1c2c(nc3ccc(OC(=O)N4CCN(CC(=O)N5CCC(C(=O)O)(C(=O)O)CC5)CC4)cc13)-c1cc3c(c(=O)n1C2)COC(=O)[C@]3(O)CC.N[C@@H]1CCCC[C@H]1N.[Pt+4]. The Hall–Kier alpha value is -4.74. The van der Waals surface area contributed by atoms with Crippen molar-refractivity contribution in [1.29, 1.82) is 0 Å². The second-order valence-corrected chi connectivity index (χ2v) is 16.4. The van der Waals surface area contributed by atoms with Crippen LogP contribution in [0.25, 0.3) is 22.3 Å². The molecule has 0 radical (unpaired) electrons. The van der Waals surface area contributed by atoms with Crippen LogP contribution in [-0.2, 0) is 70.2 Å². The van der Waals surface area contributed by atoms with E-state index >= 15 is 0 Å². The third-order valence-corrected chi connectivity index (χ3v) is 13.0. The number of nitrogens with zero attached hydrogens (tertiary/aromatic N) is 5. The van der Waals surface area contributed by atoms with Crippen molar-refractivity contribution in [2.75, 3.05) is 45.8 Å². The number of esters is 1. The smallest absolute Gasteiger partial charge is 0.480 e. The van der Waals surface area contributed by atoms with Crippen LogP contribution in [-0.4, -0.2) is 127 Å². The number of hydrogen-bond donors (Lipinski definition) is 5. The van der Waals surface area contributed by atoms with E-state index in [4.69, 9.17) is 25.9 Å². The molecule has 0 unspecified atom stereocenters. The summed E-state index contributed by atoms with van der Waals surface area (Å²) in [4.78, 5) is 85.3. The summed E-state index contributed by atoms with van der Waals surface area (Å²) < 4.78 is 12.6. The van der Waals surface area contributed by atoms with E-state index in [1.807, 2.05) is 11.8 Å². The maximum Gasteiger partial charge on any atom is 4.00 e. The van der Waals surface area contributed by atoms with Crippen molar-refractivity contribution >= 4 is 40.8 Å². The standard InChI is InChI=1S/C36H39N5O11.C6H14N2.Pt/c1-3-21-22-15-20(52-34(49)40-13-11-38(12-14-40)18-28(42)39-9-7-35(8-10-39,31(44)45)32(46)47)5-6-26(22)37-29-23(21)17-41-27(29)16-25-24(30(41)43)19-51-33(48)36(25,50)4-2;7-5-3-1-2-4-6(5)8;/h5-6,15-16,50H,3-4,7-14,17-19H2,1-2H3,(H,44,45)(H,46,47);5-6H,1-4,7-8H2;/q;;+4/t36-;5-,6-;/m01./s1. The topological polar surface area (TPSA) is 261 Å². The Morgan fingerprint density at radius 1 is 0.902 bits per heavy atom. The molecule has 4 aliphatic heterocycles. The number of benzene rings is 1. The number of nitrogens with two attached hydrogens (primary N) is 2. The first-order valence-corrected chi connectivity index (χ1v) is 20.7. The van der Waals surface area contributed by atoms with Crippen LogP contribution in [0.4, 0.5) is 4.79 Å². The Balaban J connectivity index is 0.000000622. The number of amides is 2. The van der Waals surface area contributed by atoms with Gasteiger partial charge in [0.15, 0.2) is 11.0 Å². The molecule has 2 saturated heterocycles. The van der Waals surface area contributed by atoms with E-state index in [1.54, 1.807) is 40.7 Å². The number of pyridine rings is 2. The number of piperazine rings is 1. The first kappa shape index (κ1) is 45.8. The van der Waals surface area contributed by atoms with Crippen molar-refractivity contribution in [3.8, 4) is 17.1 Å². The molecule has 3 aromatic rings. The first-order chi connectivity index (χ1) is 28.6. The van der Waals surface area contributed by atoms with Crippen molar-refractivity contribution < 1.29 is 69.8 Å². The van der Waals surface area contributed by atoms with Gasteiger partial charge >= 0.3 is 45.1 Å². The average molecular weight is 1030 g/mol. The minimum absolute atomic E-state index is 0. The molecule has 1 aromatic carbocycles. The van der Waals surface area contributed by atoms with Crippen molar-refractivity contribution in [3.63, 3.8) is 0 Å². The van der Waals surface area contributed by atoms with E-state index in [-0.39, 0.29) is 108 Å². The Bertz CT molecular complexity index is 2260. The van der Waals surface area contributed by atoms with Gasteiger partial charge < -0.3 is 50.6 Å². The third-order valence-electron chi connectivity index (χ3n) is 13.0. The summed E-state index contributed by atoms with van der Waals surface area (Å²) in [6.45, 7) is 5.30. The quantitative estimate of drug-likeness (QED) is 0.131. The molecule has 61 heavy (non-hydrogen) atoms. The molecule has 18 nitrogen and oxygen atoms in total. The van der Waals surface area contributed by atoms with Gasteiger partial charge in [0.2, 0.25) is 5.91 Å². The van der Waals surface area contributed by atoms with Gasteiger partial charge in [-0.05, 0) is 68.4 Å². The Morgan fingerprint density at radius 3 is 2.11 bits per heavy atom. The van der Waals surface area contributed by atoms with Crippen molar-refractivity contribution in [1.82, 2.24) is 24.3 Å². The van der Waals surface area contributed by atoms with E-state index in [9.17, 15) is 44.1 Å². The number of carboxylic acid groups (broad SMARTS) is 2. The Labute approximate surface area is 366 Å². The molecular formula is C42H53N7O11Pt+4. The summed E-state index contributed by atoms with van der Waals surface area (Å²) in [5.74, 6) is -3.47. The van der Waals surface area contributed by atoms with Gasteiger partial charge in [0.05, 0.1) is 35.6 Å². The van der Waals surface area contributed by atoms with Gasteiger partial charge in [0, 0.05) is 67.9 Å². The predicted octanol–water partition coefficient (Wildman–Crippen LogP) is 1.75. The Kier molecular flexibility index (Phi) is 13.7. The maximum absolute atomic E-state index is 13.6. The van der Waals surface area contributed by atoms with E-state index in [1.165, 1.54) is 17.7 Å². The van der Waals surface area contributed by atoms with Crippen LogP contribution in [0.3, 0.4) is 0 Å². The maximum atomic E-state index is 13.6. The molecule has 2 aromatic heterocycles. The van der Waals surface area contributed by atoms with Gasteiger partial charge in [-0.25, -0.2) is 14.6 Å². The van der Waals surface area contributed by atoms with Crippen LogP contribution in [0, 0.1) is 5.41 Å². The zero-order chi connectivity index (χ0) is 43.1. The predicted molar refractivity (Wildman–Crippen MR) is 216 cm³/mol. The summed E-state index contributed by atoms with van der Waals surface area (Å²) in [7, 11) is 0. The minimum atomic E-state index is -1.92. The number of carbonyl (C=O) groups excluding carboxylic acids is 3. The molecule has 3 atom stereocenters. The number of likely N-dealkylation sites (tertiary alicyclic amines) is 1. The number of carbonyl (C=O) groups is 5. The fourth-order valence-electron chi connectivity index (χ4n) is 9.00. The molecule has 1 saturated carbocycles. The molecule has 2 amide bonds. The van der Waals surface area contributed by atoms with Crippen molar-refractivity contribution in [2.45, 2.75) is 96.1 Å². The van der Waals surface area contributed by atoms with Crippen LogP contribution in [0.1, 0.15) is 81.0 Å². The fourth-order valence-corrected chi connectivity index (χ4v) is 9.00. The molecule has 6 heterocycles. The average Bonchev–Trinajstić information content (AvgIpc) is 3.61. The Morgan fingerprint density at radius 2 is 1.54 bits per heavy atom. The summed E-state index contributed by atoms with van der Waals surface area (Å²) in [6.07, 6.45) is 4.58. The number of aliphatic hydroxyl groups is 1. The van der Waals surface area contributed by atoms with Gasteiger partial charge in [0.25, 0.3) is 5.56 Å². The van der Waals surface area contributed by atoms with Gasteiger partial charge in [-0.1, -0.05) is 26.7 Å². The molecule has 1 aliphatic carbocycles. The van der Waals surface area contributed by atoms with E-state index in [0.29, 0.717) is 55.3 Å². The van der Waals surface area contributed by atoms with Crippen molar-refractivity contribution in [3.05, 3.63) is 56.9 Å². The molecule has 328 valence electrons. The van der Waals surface area contributed by atoms with E-state index in [2.05, 4.69) is 0 Å².